The Kier molecular flexibility index (Phi) is 1.59. The molecule has 0 unspecified atom stereocenters. The van der Waals surface area contributed by atoms with E-state index in [1.165, 1.54) is 0 Å². The first-order valence-corrected chi connectivity index (χ1v) is 3.65. The average molecular weight is 160 g/mol. The summed E-state index contributed by atoms with van der Waals surface area (Å²) in [5.41, 5.74) is 1.49. The highest BCUT2D eigenvalue weighted by atomic mass is 15.0. The zero-order valence-corrected chi connectivity index (χ0v) is 6.65. The second-order valence-electron chi connectivity index (χ2n) is 2.35. The molecule has 0 aromatic carbocycles. The lowest BCUT2D eigenvalue weighted by molar-refractivity contribution is 1.21. The first-order chi connectivity index (χ1) is 5.90. The van der Waals surface area contributed by atoms with Crippen LogP contribution in [0.2, 0.25) is 0 Å². The smallest absolute Gasteiger partial charge is 0.180 e. The standard InChI is InChI=1S/C8H8N4/c1-9-7-5-11-6-3-2-4-10-8(6)12-7/h2-5H,1H3,(H,9,10,12). The Bertz CT molecular complexity index is 399. The van der Waals surface area contributed by atoms with E-state index in [1.807, 2.05) is 12.1 Å². The van der Waals surface area contributed by atoms with Crippen LogP contribution < -0.4 is 5.32 Å². The van der Waals surface area contributed by atoms with Crippen LogP contribution in [0, 0.1) is 0 Å². The number of rotatable bonds is 1. The van der Waals surface area contributed by atoms with Crippen molar-refractivity contribution in [1.29, 1.82) is 0 Å². The van der Waals surface area contributed by atoms with Gasteiger partial charge in [0.05, 0.1) is 6.20 Å². The van der Waals surface area contributed by atoms with Crippen LogP contribution in [-0.2, 0) is 0 Å². The zero-order chi connectivity index (χ0) is 8.39. The van der Waals surface area contributed by atoms with Gasteiger partial charge in [-0.05, 0) is 12.1 Å². The van der Waals surface area contributed by atoms with Gasteiger partial charge in [-0.2, -0.15) is 0 Å². The van der Waals surface area contributed by atoms with Crippen molar-refractivity contribution in [3.05, 3.63) is 24.5 Å². The lowest BCUT2D eigenvalue weighted by Crippen LogP contribution is -1.94. The van der Waals surface area contributed by atoms with Crippen LogP contribution in [0.1, 0.15) is 0 Å². The first kappa shape index (κ1) is 6.97. The molecule has 12 heavy (non-hydrogen) atoms. The Labute approximate surface area is 69.7 Å². The van der Waals surface area contributed by atoms with Crippen molar-refractivity contribution in [2.24, 2.45) is 0 Å². The number of fused-ring (bicyclic) bond motifs is 1. The van der Waals surface area contributed by atoms with E-state index in [1.54, 1.807) is 19.4 Å². The topological polar surface area (TPSA) is 50.7 Å². The second kappa shape index (κ2) is 2.73. The molecule has 60 valence electrons. The minimum Gasteiger partial charge on any atom is -0.372 e. The summed E-state index contributed by atoms with van der Waals surface area (Å²) in [7, 11) is 1.80. The van der Waals surface area contributed by atoms with Crippen LogP contribution in [0.5, 0.6) is 0 Å². The van der Waals surface area contributed by atoms with E-state index in [0.717, 1.165) is 11.3 Å². The number of nitrogens with zero attached hydrogens (tertiary/aromatic N) is 3. The van der Waals surface area contributed by atoms with E-state index in [4.69, 9.17) is 0 Å². The molecule has 2 rings (SSSR count). The molecule has 0 aliphatic carbocycles. The van der Waals surface area contributed by atoms with E-state index >= 15 is 0 Å². The van der Waals surface area contributed by atoms with Crippen LogP contribution in [0.3, 0.4) is 0 Å². The summed E-state index contributed by atoms with van der Waals surface area (Å²) in [6.07, 6.45) is 3.39. The highest BCUT2D eigenvalue weighted by Crippen LogP contribution is 2.07. The summed E-state index contributed by atoms with van der Waals surface area (Å²) in [5.74, 6) is 0.737. The van der Waals surface area contributed by atoms with Crippen LogP contribution in [0.4, 0.5) is 5.82 Å². The molecule has 0 aliphatic heterocycles. The Morgan fingerprint density at radius 1 is 1.33 bits per heavy atom. The van der Waals surface area contributed by atoms with Gasteiger partial charge in [0.2, 0.25) is 0 Å². The lowest BCUT2D eigenvalue weighted by Gasteiger charge is -1.98. The van der Waals surface area contributed by atoms with Crippen molar-refractivity contribution in [2.75, 3.05) is 12.4 Å². The molecule has 0 radical (unpaired) electrons. The fourth-order valence-electron chi connectivity index (χ4n) is 0.969. The van der Waals surface area contributed by atoms with E-state index in [-0.39, 0.29) is 0 Å². The molecule has 2 aromatic rings. The van der Waals surface area contributed by atoms with Gasteiger partial charge in [-0.3, -0.25) is 0 Å². The molecule has 1 N–H and O–H groups in total. The van der Waals surface area contributed by atoms with Crippen LogP contribution >= 0.6 is 0 Å². The molecule has 0 saturated heterocycles. The van der Waals surface area contributed by atoms with E-state index in [9.17, 15) is 0 Å². The summed E-state index contributed by atoms with van der Waals surface area (Å²) in [5, 5.41) is 2.91. The Hall–Kier alpha value is -1.71. The molecule has 4 heteroatoms. The Morgan fingerprint density at radius 3 is 3.08 bits per heavy atom. The van der Waals surface area contributed by atoms with Gasteiger partial charge in [-0.1, -0.05) is 0 Å². The highest BCUT2D eigenvalue weighted by molar-refractivity contribution is 5.70. The zero-order valence-electron chi connectivity index (χ0n) is 6.65. The van der Waals surface area contributed by atoms with Crippen molar-refractivity contribution in [2.45, 2.75) is 0 Å². The third-order valence-electron chi connectivity index (χ3n) is 1.57. The Balaban J connectivity index is 2.67. The number of hydrogen-bond donors (Lipinski definition) is 1. The second-order valence-corrected chi connectivity index (χ2v) is 2.35. The van der Waals surface area contributed by atoms with Gasteiger partial charge < -0.3 is 5.32 Å². The van der Waals surface area contributed by atoms with Crippen LogP contribution in [-0.4, -0.2) is 22.0 Å². The Morgan fingerprint density at radius 2 is 2.25 bits per heavy atom. The summed E-state index contributed by atoms with van der Waals surface area (Å²) >= 11 is 0. The number of hydrogen-bond acceptors (Lipinski definition) is 4. The summed E-state index contributed by atoms with van der Waals surface area (Å²) in [6.45, 7) is 0. The van der Waals surface area contributed by atoms with Gasteiger partial charge in [-0.25, -0.2) is 15.0 Å². The molecule has 2 aromatic heterocycles. The molecule has 0 aliphatic rings. The maximum Gasteiger partial charge on any atom is 0.180 e. The van der Waals surface area contributed by atoms with E-state index in [0.29, 0.717) is 5.65 Å². The molecular weight excluding hydrogens is 152 g/mol. The fraction of sp³-hybridized carbons (Fsp3) is 0.125. The largest absolute Gasteiger partial charge is 0.372 e. The molecule has 0 atom stereocenters. The van der Waals surface area contributed by atoms with Gasteiger partial charge in [0, 0.05) is 13.2 Å². The molecular formula is C8H8N4. The van der Waals surface area contributed by atoms with Gasteiger partial charge in [0.25, 0.3) is 0 Å². The fourth-order valence-corrected chi connectivity index (χ4v) is 0.969. The quantitative estimate of drug-likeness (QED) is 0.677. The van der Waals surface area contributed by atoms with Crippen molar-refractivity contribution in [1.82, 2.24) is 15.0 Å². The van der Waals surface area contributed by atoms with Crippen molar-refractivity contribution < 1.29 is 0 Å². The van der Waals surface area contributed by atoms with Crippen molar-refractivity contribution >= 4 is 17.0 Å². The maximum atomic E-state index is 4.21. The molecule has 0 fully saturated rings. The average Bonchev–Trinajstić information content (AvgIpc) is 2.17. The van der Waals surface area contributed by atoms with Gasteiger partial charge in [0.1, 0.15) is 11.3 Å². The highest BCUT2D eigenvalue weighted by Gasteiger charge is 1.96. The minimum absolute atomic E-state index is 0.671. The normalized spacial score (nSPS) is 10.1. The third-order valence-corrected chi connectivity index (χ3v) is 1.57. The molecule has 0 saturated carbocycles. The first-order valence-electron chi connectivity index (χ1n) is 3.65. The molecule has 4 nitrogen and oxygen atoms in total. The number of pyridine rings is 1. The maximum absolute atomic E-state index is 4.21. The monoisotopic (exact) mass is 160 g/mol. The SMILES string of the molecule is CNc1cnc2cccnc2n1. The van der Waals surface area contributed by atoms with Crippen LogP contribution in [0.15, 0.2) is 24.5 Å². The number of nitrogens with one attached hydrogen (secondary N) is 1. The van der Waals surface area contributed by atoms with Crippen molar-refractivity contribution in [3.8, 4) is 0 Å². The van der Waals surface area contributed by atoms with Gasteiger partial charge >= 0.3 is 0 Å². The minimum atomic E-state index is 0.671. The lowest BCUT2D eigenvalue weighted by atomic mass is 10.4. The van der Waals surface area contributed by atoms with E-state index in [2.05, 4.69) is 20.3 Å². The van der Waals surface area contributed by atoms with Gasteiger partial charge in [0.15, 0.2) is 5.65 Å². The molecule has 0 amide bonds. The summed E-state index contributed by atoms with van der Waals surface area (Å²) in [6, 6.07) is 3.73. The third kappa shape index (κ3) is 1.07. The predicted molar refractivity (Wildman–Crippen MR) is 46.9 cm³/mol. The summed E-state index contributed by atoms with van der Waals surface area (Å²) in [4.78, 5) is 12.4. The predicted octanol–water partition coefficient (Wildman–Crippen LogP) is 1.07. The molecule has 0 bridgehead atoms. The number of aromatic nitrogens is 3. The summed E-state index contributed by atoms with van der Waals surface area (Å²) < 4.78 is 0. The van der Waals surface area contributed by atoms with Crippen molar-refractivity contribution in [3.63, 3.8) is 0 Å². The number of anilines is 1. The van der Waals surface area contributed by atoms with Crippen LogP contribution in [0.25, 0.3) is 11.2 Å². The molecule has 2 heterocycles. The molecule has 0 spiro atoms. The van der Waals surface area contributed by atoms with Gasteiger partial charge in [-0.15, -0.1) is 0 Å². The van der Waals surface area contributed by atoms with E-state index < -0.39 is 0 Å².